The number of carbonyl (C=O) groups is 3. The Hall–Kier alpha value is -4.25. The molecule has 2 aromatic carbocycles. The number of carbonyl (C=O) groups excluding carboxylic acids is 2. The van der Waals surface area contributed by atoms with Crippen LogP contribution in [0.25, 0.3) is 17.4 Å². The van der Waals surface area contributed by atoms with Crippen LogP contribution in [-0.4, -0.2) is 28.0 Å². The number of hydrogen-bond donors (Lipinski definition) is 2. The largest absolute Gasteiger partial charge is 0.478 e. The smallest absolute Gasteiger partial charge is 0.416 e. The molecule has 35 heavy (non-hydrogen) atoms. The van der Waals surface area contributed by atoms with E-state index in [4.69, 9.17) is 16.6 Å². The van der Waals surface area contributed by atoms with Gasteiger partial charge in [0, 0.05) is 5.56 Å². The minimum atomic E-state index is -4.64. The van der Waals surface area contributed by atoms with Crippen LogP contribution in [0.5, 0.6) is 0 Å². The second-order valence-electron chi connectivity index (χ2n) is 7.49. The van der Waals surface area contributed by atoms with Gasteiger partial charge in [-0.2, -0.15) is 13.2 Å². The molecule has 0 unspecified atom stereocenters. The molecule has 11 heteroatoms. The quantitative estimate of drug-likeness (QED) is 0.303. The molecular weight excluding hydrogens is 485 g/mol. The molecule has 3 aromatic rings. The lowest BCUT2D eigenvalue weighted by molar-refractivity contribution is -0.137. The number of halogens is 3. The Morgan fingerprint density at radius 1 is 1.11 bits per heavy atom. The lowest BCUT2D eigenvalue weighted by Crippen LogP contribution is -2.54. The maximum atomic E-state index is 13.1. The van der Waals surface area contributed by atoms with E-state index < -0.39 is 35.1 Å². The molecule has 4 rings (SSSR count). The lowest BCUT2D eigenvalue weighted by atomic mass is 10.0. The number of thiocarbonyl (C=S) groups is 1. The zero-order chi connectivity index (χ0) is 25.5. The first-order valence-electron chi connectivity index (χ1n) is 9.99. The number of hydrogen-bond acceptors (Lipinski definition) is 5. The third-order valence-electron chi connectivity index (χ3n) is 5.28. The summed E-state index contributed by atoms with van der Waals surface area (Å²) in [6.07, 6.45) is -3.50. The van der Waals surface area contributed by atoms with Gasteiger partial charge in [-0.15, -0.1) is 0 Å². The second-order valence-corrected chi connectivity index (χ2v) is 7.88. The number of nitrogens with zero attached hydrogens (tertiary/aromatic N) is 1. The highest BCUT2D eigenvalue weighted by atomic mass is 32.1. The van der Waals surface area contributed by atoms with Crippen molar-refractivity contribution in [3.63, 3.8) is 0 Å². The maximum absolute atomic E-state index is 13.1. The van der Waals surface area contributed by atoms with E-state index >= 15 is 0 Å². The van der Waals surface area contributed by atoms with Gasteiger partial charge in [-0.25, -0.2) is 4.79 Å². The Morgan fingerprint density at radius 3 is 2.51 bits per heavy atom. The van der Waals surface area contributed by atoms with Crippen LogP contribution in [0.15, 0.2) is 64.6 Å². The van der Waals surface area contributed by atoms with Crippen LogP contribution >= 0.6 is 12.2 Å². The SMILES string of the molecule is Cc1c(C(=O)O)cccc1-c1ccc(/C=C2\C(=O)NC(=S)N(c3cccc(C(F)(F)F)c3)C2=O)o1. The monoisotopic (exact) mass is 500 g/mol. The van der Waals surface area contributed by atoms with E-state index in [1.54, 1.807) is 25.1 Å². The molecule has 0 spiro atoms. The zero-order valence-corrected chi connectivity index (χ0v) is 18.7. The highest BCUT2D eigenvalue weighted by Crippen LogP contribution is 2.33. The van der Waals surface area contributed by atoms with Crippen molar-refractivity contribution in [3.05, 3.63) is 82.6 Å². The van der Waals surface area contributed by atoms with Gasteiger partial charge in [0.05, 0.1) is 16.8 Å². The fraction of sp³-hybridized carbons (Fsp3) is 0.0833. The number of alkyl halides is 3. The molecule has 1 aliphatic heterocycles. The Bertz CT molecular complexity index is 1420. The van der Waals surface area contributed by atoms with Gasteiger partial charge in [0.2, 0.25) is 0 Å². The molecule has 2 amide bonds. The summed E-state index contributed by atoms with van der Waals surface area (Å²) in [7, 11) is 0. The summed E-state index contributed by atoms with van der Waals surface area (Å²) in [5, 5.41) is 11.3. The first-order valence-corrected chi connectivity index (χ1v) is 10.4. The summed E-state index contributed by atoms with van der Waals surface area (Å²) in [6.45, 7) is 1.62. The average molecular weight is 500 g/mol. The minimum Gasteiger partial charge on any atom is -0.478 e. The normalized spacial score (nSPS) is 15.5. The number of nitrogens with one attached hydrogen (secondary N) is 1. The molecule has 0 saturated carbocycles. The number of anilines is 1. The summed E-state index contributed by atoms with van der Waals surface area (Å²) >= 11 is 5.03. The molecular formula is C24H15F3N2O5S. The molecule has 1 fully saturated rings. The van der Waals surface area contributed by atoms with Crippen LogP contribution in [0.2, 0.25) is 0 Å². The Morgan fingerprint density at radius 2 is 1.83 bits per heavy atom. The van der Waals surface area contributed by atoms with Gasteiger partial charge in [-0.1, -0.05) is 18.2 Å². The van der Waals surface area contributed by atoms with E-state index in [0.29, 0.717) is 16.9 Å². The van der Waals surface area contributed by atoms with Gasteiger partial charge in [-0.3, -0.25) is 19.8 Å². The Kier molecular flexibility index (Phi) is 6.03. The fourth-order valence-corrected chi connectivity index (χ4v) is 3.85. The summed E-state index contributed by atoms with van der Waals surface area (Å²) in [5.41, 5.74) is -0.509. The third-order valence-corrected chi connectivity index (χ3v) is 5.56. The molecule has 1 aromatic heterocycles. The highest BCUT2D eigenvalue weighted by Gasteiger charge is 2.37. The first kappa shape index (κ1) is 23.9. The van der Waals surface area contributed by atoms with Crippen molar-refractivity contribution in [2.75, 3.05) is 4.90 Å². The van der Waals surface area contributed by atoms with Crippen LogP contribution in [0.3, 0.4) is 0 Å². The van der Waals surface area contributed by atoms with E-state index in [-0.39, 0.29) is 22.1 Å². The van der Waals surface area contributed by atoms with Crippen molar-refractivity contribution in [2.24, 2.45) is 0 Å². The second kappa shape index (κ2) is 8.84. The number of aromatic carboxylic acids is 1. The fourth-order valence-electron chi connectivity index (χ4n) is 3.56. The van der Waals surface area contributed by atoms with Gasteiger partial charge in [-0.05, 0) is 67.2 Å². The van der Waals surface area contributed by atoms with E-state index in [1.165, 1.54) is 18.2 Å². The molecule has 178 valence electrons. The van der Waals surface area contributed by atoms with Gasteiger partial charge < -0.3 is 9.52 Å². The van der Waals surface area contributed by atoms with Crippen molar-refractivity contribution in [1.82, 2.24) is 5.32 Å². The molecule has 2 N–H and O–H groups in total. The number of rotatable bonds is 4. The van der Waals surface area contributed by atoms with Crippen molar-refractivity contribution < 1.29 is 37.1 Å². The molecule has 1 aliphatic rings. The zero-order valence-electron chi connectivity index (χ0n) is 17.8. The molecule has 2 heterocycles. The van der Waals surface area contributed by atoms with Crippen molar-refractivity contribution in [3.8, 4) is 11.3 Å². The average Bonchev–Trinajstić information content (AvgIpc) is 3.24. The van der Waals surface area contributed by atoms with Crippen molar-refractivity contribution >= 4 is 46.9 Å². The summed E-state index contributed by atoms with van der Waals surface area (Å²) < 4.78 is 45.1. The Labute approximate surface area is 201 Å². The lowest BCUT2D eigenvalue weighted by Gasteiger charge is -2.29. The number of amides is 2. The molecule has 7 nitrogen and oxygen atoms in total. The minimum absolute atomic E-state index is 0.0888. The summed E-state index contributed by atoms with van der Waals surface area (Å²) in [6, 6.07) is 11.7. The van der Waals surface area contributed by atoms with E-state index in [2.05, 4.69) is 5.32 Å². The van der Waals surface area contributed by atoms with Crippen LogP contribution in [-0.2, 0) is 15.8 Å². The van der Waals surface area contributed by atoms with Gasteiger partial charge in [0.15, 0.2) is 5.11 Å². The number of benzene rings is 2. The van der Waals surface area contributed by atoms with Crippen LogP contribution in [0, 0.1) is 6.92 Å². The summed E-state index contributed by atoms with van der Waals surface area (Å²) in [5.74, 6) is -2.49. The van der Waals surface area contributed by atoms with Gasteiger partial charge >= 0.3 is 12.1 Å². The van der Waals surface area contributed by atoms with Gasteiger partial charge in [0.1, 0.15) is 17.1 Å². The van der Waals surface area contributed by atoms with E-state index in [0.717, 1.165) is 29.2 Å². The topological polar surface area (TPSA) is 99.8 Å². The van der Waals surface area contributed by atoms with Crippen molar-refractivity contribution in [2.45, 2.75) is 13.1 Å². The summed E-state index contributed by atoms with van der Waals surface area (Å²) in [4.78, 5) is 37.7. The number of furan rings is 1. The van der Waals surface area contributed by atoms with Crippen molar-refractivity contribution in [1.29, 1.82) is 0 Å². The van der Waals surface area contributed by atoms with E-state index in [9.17, 15) is 32.7 Å². The standard InChI is InChI=1S/C24H15F3N2O5S/c1-12-16(6-3-7-17(12)22(32)33)19-9-8-15(34-19)11-18-20(30)28-23(35)29(21(18)31)14-5-2-4-13(10-14)24(25,26)27/h2-11H,1H3,(H,32,33)(H,28,30,35)/b18-11+. The molecule has 1 saturated heterocycles. The predicted octanol–water partition coefficient (Wildman–Crippen LogP) is 4.80. The highest BCUT2D eigenvalue weighted by molar-refractivity contribution is 7.80. The maximum Gasteiger partial charge on any atom is 0.416 e. The number of carboxylic acids is 1. The molecule has 0 atom stereocenters. The third kappa shape index (κ3) is 4.58. The molecule has 0 bridgehead atoms. The van der Waals surface area contributed by atoms with E-state index in [1.807, 2.05) is 0 Å². The molecule has 0 aliphatic carbocycles. The Balaban J connectivity index is 1.70. The van der Waals surface area contributed by atoms with Crippen LogP contribution in [0.4, 0.5) is 18.9 Å². The van der Waals surface area contributed by atoms with Crippen LogP contribution < -0.4 is 10.2 Å². The number of carboxylic acid groups (broad SMARTS) is 1. The van der Waals surface area contributed by atoms with Crippen LogP contribution in [0.1, 0.15) is 27.2 Å². The van der Waals surface area contributed by atoms with Gasteiger partial charge in [0.25, 0.3) is 11.8 Å². The first-order chi connectivity index (χ1) is 16.5. The molecule has 0 radical (unpaired) electrons. The predicted molar refractivity (Wildman–Crippen MR) is 123 cm³/mol.